The number of anilines is 1. The predicted molar refractivity (Wildman–Crippen MR) is 74.8 cm³/mol. The number of carbonyl (C=O) groups excluding carboxylic acids is 1. The first-order valence-electron chi connectivity index (χ1n) is 6.20. The van der Waals surface area contributed by atoms with Crippen LogP contribution in [0.25, 0.3) is 0 Å². The van der Waals surface area contributed by atoms with E-state index in [1.54, 1.807) is 0 Å². The minimum atomic E-state index is -4.78. The average molecular weight is 318 g/mol. The fourth-order valence-electron chi connectivity index (χ4n) is 2.14. The monoisotopic (exact) mass is 318 g/mol. The smallest absolute Gasteiger partial charge is 0.406 e. The number of hydrogen-bond acceptors (Lipinski definition) is 3. The molecule has 8 heteroatoms. The molecule has 1 aromatic rings. The maximum absolute atomic E-state index is 12.2. The molecule has 1 aliphatic rings. The Bertz CT molecular complexity index is 571. The molecule has 0 aromatic heterocycles. The molecule has 1 amide bonds. The van der Waals surface area contributed by atoms with E-state index in [9.17, 15) is 18.0 Å². The molecule has 3 N–H and O–H groups in total. The van der Waals surface area contributed by atoms with Crippen LogP contribution in [-0.2, 0) is 4.79 Å². The van der Waals surface area contributed by atoms with E-state index in [-0.39, 0.29) is 10.7 Å². The molecule has 0 unspecified atom stereocenters. The summed E-state index contributed by atoms with van der Waals surface area (Å²) in [6, 6.07) is 5.06. The van der Waals surface area contributed by atoms with Gasteiger partial charge in [-0.25, -0.2) is 0 Å². The first-order valence-corrected chi connectivity index (χ1v) is 6.61. The van der Waals surface area contributed by atoms with Crippen LogP contribution in [0.3, 0.4) is 0 Å². The normalized spacial score (nSPS) is 16.7. The van der Waals surface area contributed by atoms with Crippen molar-refractivity contribution in [3.05, 3.63) is 24.3 Å². The molecule has 114 valence electrons. The van der Waals surface area contributed by atoms with Crippen LogP contribution >= 0.6 is 12.2 Å². The van der Waals surface area contributed by atoms with Gasteiger partial charge in [0, 0.05) is 11.8 Å². The number of amides is 1. The third-order valence-corrected chi connectivity index (χ3v) is 3.83. The second-order valence-corrected chi connectivity index (χ2v) is 5.27. The number of hydrogen-bond donors (Lipinski definition) is 2. The number of ether oxygens (including phenoxy) is 1. The third-order valence-electron chi connectivity index (χ3n) is 3.44. The van der Waals surface area contributed by atoms with Crippen LogP contribution in [0.1, 0.15) is 19.3 Å². The second kappa shape index (κ2) is 5.51. The highest BCUT2D eigenvalue weighted by atomic mass is 32.1. The minimum Gasteiger partial charge on any atom is -0.406 e. The van der Waals surface area contributed by atoms with E-state index in [2.05, 4.69) is 10.1 Å². The van der Waals surface area contributed by atoms with Crippen LogP contribution in [0.5, 0.6) is 5.75 Å². The van der Waals surface area contributed by atoms with Gasteiger partial charge in [0.05, 0.1) is 10.4 Å². The summed E-state index contributed by atoms with van der Waals surface area (Å²) >= 11 is 4.91. The number of rotatable bonds is 4. The van der Waals surface area contributed by atoms with Crippen molar-refractivity contribution >= 4 is 28.8 Å². The maximum atomic E-state index is 12.2. The molecule has 4 nitrogen and oxygen atoms in total. The number of halogens is 3. The van der Waals surface area contributed by atoms with Crippen molar-refractivity contribution in [3.63, 3.8) is 0 Å². The van der Waals surface area contributed by atoms with Gasteiger partial charge in [0.15, 0.2) is 0 Å². The van der Waals surface area contributed by atoms with E-state index in [0.717, 1.165) is 18.6 Å². The van der Waals surface area contributed by atoms with Crippen molar-refractivity contribution in [2.24, 2.45) is 11.1 Å². The summed E-state index contributed by atoms with van der Waals surface area (Å²) in [4.78, 5) is 12.3. The standard InChI is InChI=1S/C13H13F3N2O2S/c14-13(15,16)20-9-4-1-3-8(7-9)18-11(19)12(10(17)21)5-2-6-12/h1,3-4,7H,2,5-6H2,(H2,17,21)(H,18,19). The van der Waals surface area contributed by atoms with Crippen LogP contribution in [0.4, 0.5) is 18.9 Å². The number of thiocarbonyl (C=S) groups is 1. The Balaban J connectivity index is 2.11. The van der Waals surface area contributed by atoms with Crippen molar-refractivity contribution in [1.29, 1.82) is 0 Å². The first-order chi connectivity index (χ1) is 9.73. The lowest BCUT2D eigenvalue weighted by Crippen LogP contribution is -2.50. The van der Waals surface area contributed by atoms with Gasteiger partial charge in [-0.15, -0.1) is 13.2 Å². The van der Waals surface area contributed by atoms with Gasteiger partial charge in [0.25, 0.3) is 0 Å². The molecule has 0 heterocycles. The molecule has 1 aromatic carbocycles. The highest BCUT2D eigenvalue weighted by Gasteiger charge is 2.47. The number of nitrogens with two attached hydrogens (primary N) is 1. The highest BCUT2D eigenvalue weighted by molar-refractivity contribution is 7.80. The van der Waals surface area contributed by atoms with Crippen molar-refractivity contribution in [3.8, 4) is 5.75 Å². The van der Waals surface area contributed by atoms with Gasteiger partial charge < -0.3 is 15.8 Å². The van der Waals surface area contributed by atoms with E-state index in [4.69, 9.17) is 18.0 Å². The molecule has 0 radical (unpaired) electrons. The summed E-state index contributed by atoms with van der Waals surface area (Å²) in [5.41, 5.74) is 4.90. The van der Waals surface area contributed by atoms with Crippen LogP contribution in [0.15, 0.2) is 24.3 Å². The van der Waals surface area contributed by atoms with Crippen LogP contribution in [-0.4, -0.2) is 17.3 Å². The zero-order valence-electron chi connectivity index (χ0n) is 10.9. The summed E-state index contributed by atoms with van der Waals surface area (Å²) in [5.74, 6) is -0.802. The fourth-order valence-corrected chi connectivity index (χ4v) is 2.43. The van der Waals surface area contributed by atoms with Crippen LogP contribution < -0.4 is 15.8 Å². The van der Waals surface area contributed by atoms with Gasteiger partial charge in [-0.2, -0.15) is 0 Å². The molecule has 0 spiro atoms. The quantitative estimate of drug-likeness (QED) is 0.838. The van der Waals surface area contributed by atoms with Gasteiger partial charge in [0.1, 0.15) is 5.75 Å². The van der Waals surface area contributed by atoms with Crippen molar-refractivity contribution in [2.45, 2.75) is 25.6 Å². The first kappa shape index (κ1) is 15.6. The summed E-state index contributed by atoms with van der Waals surface area (Å²) in [5, 5.41) is 2.54. The summed E-state index contributed by atoms with van der Waals surface area (Å²) in [6.45, 7) is 0. The van der Waals surface area contributed by atoms with Crippen molar-refractivity contribution in [2.75, 3.05) is 5.32 Å². The average Bonchev–Trinajstić information content (AvgIpc) is 2.24. The molecule has 1 aliphatic carbocycles. The number of benzene rings is 1. The van der Waals surface area contributed by atoms with E-state index >= 15 is 0 Å². The third kappa shape index (κ3) is 3.44. The Morgan fingerprint density at radius 1 is 1.38 bits per heavy atom. The van der Waals surface area contributed by atoms with E-state index in [0.29, 0.717) is 12.8 Å². The molecule has 1 saturated carbocycles. The molecule has 0 aliphatic heterocycles. The van der Waals surface area contributed by atoms with E-state index < -0.39 is 23.4 Å². The summed E-state index contributed by atoms with van der Waals surface area (Å²) in [6.07, 6.45) is -2.85. The van der Waals surface area contributed by atoms with Gasteiger partial charge >= 0.3 is 6.36 Å². The lowest BCUT2D eigenvalue weighted by atomic mass is 9.68. The maximum Gasteiger partial charge on any atom is 0.573 e. The number of alkyl halides is 3. The van der Waals surface area contributed by atoms with Gasteiger partial charge in [-0.1, -0.05) is 24.7 Å². The van der Waals surface area contributed by atoms with Gasteiger partial charge in [0.2, 0.25) is 5.91 Å². The zero-order valence-corrected chi connectivity index (χ0v) is 11.7. The molecule has 2 rings (SSSR count). The zero-order chi connectivity index (χ0) is 15.7. The minimum absolute atomic E-state index is 0.106. The number of nitrogens with one attached hydrogen (secondary N) is 1. The molecular weight excluding hydrogens is 305 g/mol. The van der Waals surface area contributed by atoms with Gasteiger partial charge in [-0.3, -0.25) is 4.79 Å². The van der Waals surface area contributed by atoms with Crippen molar-refractivity contribution < 1.29 is 22.7 Å². The van der Waals surface area contributed by atoms with Crippen molar-refractivity contribution in [1.82, 2.24) is 0 Å². The molecule has 1 fully saturated rings. The van der Waals surface area contributed by atoms with Crippen LogP contribution in [0, 0.1) is 5.41 Å². The second-order valence-electron chi connectivity index (χ2n) is 4.83. The fraction of sp³-hybridized carbons (Fsp3) is 0.385. The topological polar surface area (TPSA) is 64.4 Å². The Kier molecular flexibility index (Phi) is 4.08. The molecular formula is C13H13F3N2O2S. The van der Waals surface area contributed by atoms with E-state index in [1.165, 1.54) is 12.1 Å². The van der Waals surface area contributed by atoms with Gasteiger partial charge in [-0.05, 0) is 25.0 Å². The summed E-state index contributed by atoms with van der Waals surface area (Å²) in [7, 11) is 0. The lowest BCUT2D eigenvalue weighted by Gasteiger charge is -2.39. The Labute approximate surface area is 124 Å². The predicted octanol–water partition coefficient (Wildman–Crippen LogP) is 2.98. The summed E-state index contributed by atoms with van der Waals surface area (Å²) < 4.78 is 40.2. The Morgan fingerprint density at radius 3 is 2.52 bits per heavy atom. The highest BCUT2D eigenvalue weighted by Crippen LogP contribution is 2.42. The molecule has 0 bridgehead atoms. The Hall–Kier alpha value is -1.83. The Morgan fingerprint density at radius 2 is 2.05 bits per heavy atom. The molecule has 0 saturated heterocycles. The largest absolute Gasteiger partial charge is 0.573 e. The molecule has 0 atom stereocenters. The lowest BCUT2D eigenvalue weighted by molar-refractivity contribution is -0.274. The van der Waals surface area contributed by atoms with E-state index in [1.807, 2.05) is 0 Å². The SMILES string of the molecule is NC(=S)C1(C(=O)Nc2cccc(OC(F)(F)F)c2)CCC1. The number of carbonyl (C=O) groups is 1. The van der Waals surface area contributed by atoms with Crippen LogP contribution in [0.2, 0.25) is 0 Å². The molecule has 21 heavy (non-hydrogen) atoms.